The molecule has 2 amide bonds. The lowest BCUT2D eigenvalue weighted by atomic mass is 9.92. The second-order valence-electron chi connectivity index (χ2n) is 8.11. The summed E-state index contributed by atoms with van der Waals surface area (Å²) in [5, 5.41) is 0. The molecule has 0 saturated carbocycles. The first-order valence-corrected chi connectivity index (χ1v) is 9.72. The summed E-state index contributed by atoms with van der Waals surface area (Å²) in [6.45, 7) is 7.90. The predicted octanol–water partition coefficient (Wildman–Crippen LogP) is 3.35. The zero-order valence-electron chi connectivity index (χ0n) is 18.1. The molecule has 7 nitrogen and oxygen atoms in total. The van der Waals surface area contributed by atoms with Crippen LogP contribution in [0.25, 0.3) is 5.57 Å². The van der Waals surface area contributed by atoms with Crippen molar-refractivity contribution in [3.8, 4) is 0 Å². The quantitative estimate of drug-likeness (QED) is 0.722. The fourth-order valence-corrected chi connectivity index (χ4v) is 3.07. The lowest BCUT2D eigenvalue weighted by molar-refractivity contribution is -0.138. The van der Waals surface area contributed by atoms with Gasteiger partial charge in [0.2, 0.25) is 0 Å². The number of benzene rings is 1. The Morgan fingerprint density at radius 3 is 2.45 bits per heavy atom. The van der Waals surface area contributed by atoms with Crippen molar-refractivity contribution >= 4 is 23.5 Å². The summed E-state index contributed by atoms with van der Waals surface area (Å²) >= 11 is 0. The number of amides is 2. The average molecular weight is 402 g/mol. The Balaban J connectivity index is 2.40. The van der Waals surface area contributed by atoms with Crippen molar-refractivity contribution < 1.29 is 23.9 Å². The maximum Gasteiger partial charge on any atom is 0.410 e. The molecular weight excluding hydrogens is 372 g/mol. The number of rotatable bonds is 4. The van der Waals surface area contributed by atoms with E-state index < -0.39 is 17.7 Å². The molecule has 0 atom stereocenters. The summed E-state index contributed by atoms with van der Waals surface area (Å²) in [7, 11) is 3.38. The third-order valence-corrected chi connectivity index (χ3v) is 4.38. The number of hydrogen-bond acceptors (Lipinski definition) is 5. The molecule has 0 fully saturated rings. The monoisotopic (exact) mass is 402 g/mol. The molecule has 1 aliphatic heterocycles. The van der Waals surface area contributed by atoms with Gasteiger partial charge in [-0.25, -0.2) is 9.59 Å². The molecule has 0 bridgehead atoms. The van der Waals surface area contributed by atoms with Gasteiger partial charge in [0.1, 0.15) is 5.60 Å². The number of carbonyl (C=O) groups excluding carboxylic acids is 3. The van der Waals surface area contributed by atoms with Crippen LogP contribution in [0, 0.1) is 0 Å². The number of nitrogens with zero attached hydrogens (tertiary/aromatic N) is 2. The van der Waals surface area contributed by atoms with Crippen LogP contribution in [0.4, 0.5) is 4.79 Å². The molecule has 0 aliphatic carbocycles. The minimum absolute atomic E-state index is 0.106. The highest BCUT2D eigenvalue weighted by atomic mass is 16.6. The summed E-state index contributed by atoms with van der Waals surface area (Å²) < 4.78 is 10.7. The molecule has 0 saturated heterocycles. The summed E-state index contributed by atoms with van der Waals surface area (Å²) in [6, 6.07) is 7.18. The first-order valence-electron chi connectivity index (χ1n) is 9.72. The molecule has 0 unspecified atom stereocenters. The number of ether oxygens (including phenoxy) is 2. The van der Waals surface area contributed by atoms with Crippen LogP contribution in [0.1, 0.15) is 50.0 Å². The maximum absolute atomic E-state index is 12.6. The van der Waals surface area contributed by atoms with Gasteiger partial charge in [-0.3, -0.25) is 4.79 Å². The van der Waals surface area contributed by atoms with Gasteiger partial charge in [-0.15, -0.1) is 0 Å². The lowest BCUT2D eigenvalue weighted by Crippen LogP contribution is -2.42. The lowest BCUT2D eigenvalue weighted by Gasteiger charge is -2.32. The van der Waals surface area contributed by atoms with Crippen molar-refractivity contribution in [1.29, 1.82) is 0 Å². The highest BCUT2D eigenvalue weighted by Gasteiger charge is 2.31. The molecule has 1 aromatic carbocycles. The van der Waals surface area contributed by atoms with Crippen LogP contribution in [0.5, 0.6) is 0 Å². The van der Waals surface area contributed by atoms with Crippen LogP contribution in [0.15, 0.2) is 29.8 Å². The van der Waals surface area contributed by atoms with Crippen LogP contribution in [-0.4, -0.2) is 67.2 Å². The predicted molar refractivity (Wildman–Crippen MR) is 110 cm³/mol. The molecular formula is C22H30N2O5. The Morgan fingerprint density at radius 2 is 1.86 bits per heavy atom. The van der Waals surface area contributed by atoms with Crippen molar-refractivity contribution in [1.82, 2.24) is 9.80 Å². The summed E-state index contributed by atoms with van der Waals surface area (Å²) in [4.78, 5) is 40.4. The molecule has 29 heavy (non-hydrogen) atoms. The number of hydrogen-bond donors (Lipinski definition) is 0. The second kappa shape index (κ2) is 9.11. The third kappa shape index (κ3) is 5.82. The van der Waals surface area contributed by atoms with Gasteiger partial charge in [0.05, 0.1) is 18.7 Å². The Bertz CT molecular complexity index is 821. The molecule has 0 N–H and O–H groups in total. The van der Waals surface area contributed by atoms with Gasteiger partial charge in [0.15, 0.2) is 0 Å². The van der Waals surface area contributed by atoms with Crippen LogP contribution in [-0.2, 0) is 14.3 Å². The Morgan fingerprint density at radius 1 is 1.17 bits per heavy atom. The second-order valence-corrected chi connectivity index (χ2v) is 8.11. The SMILES string of the molecule is CCOC(=O)C1=C(c2cccc(C(=O)N(C)C)c2)CCN(C(=O)OC(C)(C)C)C1. The van der Waals surface area contributed by atoms with Gasteiger partial charge in [-0.1, -0.05) is 12.1 Å². The minimum Gasteiger partial charge on any atom is -0.463 e. The van der Waals surface area contributed by atoms with Crippen LogP contribution in [0.3, 0.4) is 0 Å². The van der Waals surface area contributed by atoms with Crippen LogP contribution < -0.4 is 0 Å². The van der Waals surface area contributed by atoms with Crippen molar-refractivity contribution in [3.05, 3.63) is 41.0 Å². The molecule has 0 spiro atoms. The van der Waals surface area contributed by atoms with Crippen LogP contribution in [0.2, 0.25) is 0 Å². The summed E-state index contributed by atoms with van der Waals surface area (Å²) in [5.74, 6) is -0.573. The van der Waals surface area contributed by atoms with Gasteiger partial charge in [0.25, 0.3) is 5.91 Å². The number of esters is 1. The first-order chi connectivity index (χ1) is 13.5. The smallest absolute Gasteiger partial charge is 0.410 e. The molecule has 2 rings (SSSR count). The molecule has 1 aromatic rings. The summed E-state index contributed by atoms with van der Waals surface area (Å²) in [6.07, 6.45) is 0.00221. The van der Waals surface area contributed by atoms with Gasteiger partial charge in [-0.2, -0.15) is 0 Å². The van der Waals surface area contributed by atoms with E-state index in [1.807, 2.05) is 6.07 Å². The zero-order chi connectivity index (χ0) is 21.8. The summed E-state index contributed by atoms with van der Waals surface area (Å²) in [5.41, 5.74) is 1.91. The van der Waals surface area contributed by atoms with Gasteiger partial charge in [-0.05, 0) is 57.4 Å². The maximum atomic E-state index is 12.6. The third-order valence-electron chi connectivity index (χ3n) is 4.38. The fourth-order valence-electron chi connectivity index (χ4n) is 3.07. The van der Waals surface area contributed by atoms with Crippen molar-refractivity contribution in [2.24, 2.45) is 0 Å². The van der Waals surface area contributed by atoms with Gasteiger partial charge < -0.3 is 19.3 Å². The average Bonchev–Trinajstić information content (AvgIpc) is 2.65. The molecule has 7 heteroatoms. The van der Waals surface area contributed by atoms with E-state index in [2.05, 4.69) is 0 Å². The van der Waals surface area contributed by atoms with E-state index >= 15 is 0 Å². The van der Waals surface area contributed by atoms with E-state index in [1.165, 1.54) is 9.80 Å². The Hall–Kier alpha value is -2.83. The highest BCUT2D eigenvalue weighted by Crippen LogP contribution is 2.30. The molecule has 1 heterocycles. The Kier molecular flexibility index (Phi) is 7.06. The standard InChI is InChI=1S/C22H30N2O5/c1-7-28-20(26)18-14-24(21(27)29-22(2,3)4)12-11-17(18)15-9-8-10-16(13-15)19(25)23(5)6/h8-10,13H,7,11-12,14H2,1-6H3. The molecule has 158 valence electrons. The number of carbonyl (C=O) groups is 3. The highest BCUT2D eigenvalue weighted by molar-refractivity contribution is 6.00. The topological polar surface area (TPSA) is 76.2 Å². The minimum atomic E-state index is -0.619. The van der Waals surface area contributed by atoms with E-state index in [0.29, 0.717) is 24.1 Å². The van der Waals surface area contributed by atoms with Gasteiger partial charge >= 0.3 is 12.1 Å². The van der Waals surface area contributed by atoms with Gasteiger partial charge in [0, 0.05) is 26.2 Å². The zero-order valence-corrected chi connectivity index (χ0v) is 18.1. The van der Waals surface area contributed by atoms with Crippen LogP contribution >= 0.6 is 0 Å². The normalized spacial score (nSPS) is 14.5. The Labute approximate surface area is 172 Å². The van der Waals surface area contributed by atoms with Crippen molar-refractivity contribution in [2.75, 3.05) is 33.8 Å². The van der Waals surface area contributed by atoms with E-state index in [4.69, 9.17) is 9.47 Å². The first kappa shape index (κ1) is 22.5. The largest absolute Gasteiger partial charge is 0.463 e. The van der Waals surface area contributed by atoms with E-state index in [1.54, 1.807) is 60.0 Å². The van der Waals surface area contributed by atoms with E-state index in [0.717, 1.165) is 11.1 Å². The van der Waals surface area contributed by atoms with E-state index in [9.17, 15) is 14.4 Å². The molecule has 0 aromatic heterocycles. The van der Waals surface area contributed by atoms with Crippen molar-refractivity contribution in [3.63, 3.8) is 0 Å². The molecule has 1 aliphatic rings. The molecule has 0 radical (unpaired) electrons. The van der Waals surface area contributed by atoms with E-state index in [-0.39, 0.29) is 19.1 Å². The fraction of sp³-hybridized carbons (Fsp3) is 0.500. The van der Waals surface area contributed by atoms with Crippen molar-refractivity contribution in [2.45, 2.75) is 39.7 Å².